The highest BCUT2D eigenvalue weighted by Crippen LogP contribution is 2.09. The molecule has 15 heavy (non-hydrogen) atoms. The molecule has 0 fully saturated rings. The Balaban J connectivity index is 2.88. The van der Waals surface area contributed by atoms with Crippen molar-refractivity contribution in [3.63, 3.8) is 0 Å². The van der Waals surface area contributed by atoms with E-state index in [0.717, 1.165) is 5.56 Å². The minimum absolute atomic E-state index is 0.0269. The second kappa shape index (κ2) is 5.47. The van der Waals surface area contributed by atoms with Crippen molar-refractivity contribution in [2.75, 3.05) is 6.54 Å². The van der Waals surface area contributed by atoms with Gasteiger partial charge < -0.3 is 5.73 Å². The zero-order valence-corrected chi connectivity index (χ0v) is 8.09. The van der Waals surface area contributed by atoms with Gasteiger partial charge in [0.25, 0.3) is 0 Å². The van der Waals surface area contributed by atoms with Crippen LogP contribution in [0.25, 0.3) is 16.5 Å². The molecule has 0 saturated carbocycles. The van der Waals surface area contributed by atoms with Crippen molar-refractivity contribution in [2.45, 2.75) is 0 Å². The Bertz CT molecular complexity index is 429. The average molecular weight is 201 g/mol. The number of nitrogens with one attached hydrogen (secondary N) is 1. The summed E-state index contributed by atoms with van der Waals surface area (Å²) in [5.74, 6) is 0.0269. The van der Waals surface area contributed by atoms with Gasteiger partial charge >= 0.3 is 0 Å². The van der Waals surface area contributed by atoms with Crippen molar-refractivity contribution >= 4 is 11.9 Å². The molecule has 0 saturated heterocycles. The first-order valence-electron chi connectivity index (χ1n) is 4.36. The molecule has 0 radical (unpaired) electrons. The van der Waals surface area contributed by atoms with Gasteiger partial charge in [-0.1, -0.05) is 41.5 Å². The molecule has 0 amide bonds. The second-order valence-corrected chi connectivity index (χ2v) is 2.82. The van der Waals surface area contributed by atoms with Gasteiger partial charge in [0.2, 0.25) is 0 Å². The van der Waals surface area contributed by atoms with Crippen molar-refractivity contribution in [3.8, 4) is 0 Å². The molecule has 0 aliphatic rings. The first-order valence-corrected chi connectivity index (χ1v) is 4.36. The molecule has 1 rings (SSSR count). The number of nitrogens with two attached hydrogens (primary N) is 1. The minimum atomic E-state index is 0.0269. The summed E-state index contributed by atoms with van der Waals surface area (Å²) in [7, 11) is 0. The van der Waals surface area contributed by atoms with Crippen molar-refractivity contribution in [2.24, 2.45) is 10.8 Å². The number of nitrogen functional groups attached to an aromatic ring is 1. The van der Waals surface area contributed by atoms with Gasteiger partial charge in [0, 0.05) is 17.0 Å². The van der Waals surface area contributed by atoms with Crippen LogP contribution in [0.2, 0.25) is 0 Å². The van der Waals surface area contributed by atoms with Crippen LogP contribution in [0, 0.1) is 5.41 Å². The zero-order valence-electron chi connectivity index (χ0n) is 8.09. The molecule has 1 aromatic rings. The van der Waals surface area contributed by atoms with E-state index < -0.39 is 0 Å². The second-order valence-electron chi connectivity index (χ2n) is 2.82. The van der Waals surface area contributed by atoms with Gasteiger partial charge in [-0.05, 0) is 11.1 Å². The van der Waals surface area contributed by atoms with Gasteiger partial charge in [0.1, 0.15) is 5.84 Å². The number of azide groups is 1. The maximum absolute atomic E-state index is 8.08. The Morgan fingerprint density at radius 1 is 1.53 bits per heavy atom. The number of amidine groups is 1. The van der Waals surface area contributed by atoms with Crippen molar-refractivity contribution in [3.05, 3.63) is 51.9 Å². The van der Waals surface area contributed by atoms with Crippen molar-refractivity contribution < 1.29 is 0 Å². The first-order chi connectivity index (χ1) is 7.25. The molecule has 0 unspecified atom stereocenters. The Kier molecular flexibility index (Phi) is 3.94. The lowest BCUT2D eigenvalue weighted by molar-refractivity contribution is 1.22. The molecule has 5 nitrogen and oxygen atoms in total. The van der Waals surface area contributed by atoms with Gasteiger partial charge in [-0.15, -0.1) is 0 Å². The number of hydrogen-bond donors (Lipinski definition) is 2. The summed E-state index contributed by atoms with van der Waals surface area (Å²) in [6, 6.07) is 7.31. The van der Waals surface area contributed by atoms with Crippen molar-refractivity contribution in [1.29, 1.82) is 5.41 Å². The summed E-state index contributed by atoms with van der Waals surface area (Å²) in [5.41, 5.74) is 15.0. The van der Waals surface area contributed by atoms with Crippen LogP contribution in [0.5, 0.6) is 0 Å². The molecule has 0 aliphatic heterocycles. The summed E-state index contributed by atoms with van der Waals surface area (Å²) in [5, 5.41) is 10.7. The Morgan fingerprint density at radius 2 is 2.27 bits per heavy atom. The standard InChI is InChI=1S/C10H11N5/c11-10(12)9-6-2-1-4-8(9)5-3-7-14-15-13/h1-6H,7H2,(H3,11,12). The molecular weight excluding hydrogens is 190 g/mol. The fourth-order valence-corrected chi connectivity index (χ4v) is 1.15. The molecular formula is C10H11N5. The lowest BCUT2D eigenvalue weighted by Crippen LogP contribution is -2.12. The van der Waals surface area contributed by atoms with Crippen LogP contribution < -0.4 is 5.73 Å². The van der Waals surface area contributed by atoms with Crippen LogP contribution >= 0.6 is 0 Å². The van der Waals surface area contributed by atoms with E-state index in [1.54, 1.807) is 18.2 Å². The monoisotopic (exact) mass is 201 g/mol. The Labute approximate surface area is 87.4 Å². The summed E-state index contributed by atoms with van der Waals surface area (Å²) in [6.07, 6.45) is 3.51. The van der Waals surface area contributed by atoms with Gasteiger partial charge in [-0.2, -0.15) is 0 Å². The Hall–Kier alpha value is -2.26. The van der Waals surface area contributed by atoms with Crippen LogP contribution in [0.3, 0.4) is 0 Å². The molecule has 0 heterocycles. The van der Waals surface area contributed by atoms with E-state index in [9.17, 15) is 0 Å². The summed E-state index contributed by atoms with van der Waals surface area (Å²) >= 11 is 0. The van der Waals surface area contributed by atoms with Gasteiger partial charge in [0.15, 0.2) is 0 Å². The fourth-order valence-electron chi connectivity index (χ4n) is 1.15. The topological polar surface area (TPSA) is 98.6 Å². The molecule has 1 aromatic carbocycles. The summed E-state index contributed by atoms with van der Waals surface area (Å²) in [6.45, 7) is 0.294. The predicted molar refractivity (Wildman–Crippen MR) is 60.5 cm³/mol. The molecule has 5 heteroatoms. The average Bonchev–Trinajstić information content (AvgIpc) is 2.25. The van der Waals surface area contributed by atoms with Crippen LogP contribution in [0.4, 0.5) is 0 Å². The van der Waals surface area contributed by atoms with Gasteiger partial charge in [-0.3, -0.25) is 5.41 Å². The maximum atomic E-state index is 8.08. The fraction of sp³-hybridized carbons (Fsp3) is 0.100. The van der Waals surface area contributed by atoms with E-state index in [1.165, 1.54) is 0 Å². The van der Waals surface area contributed by atoms with E-state index in [1.807, 2.05) is 18.2 Å². The highest BCUT2D eigenvalue weighted by Gasteiger charge is 1.99. The van der Waals surface area contributed by atoms with E-state index >= 15 is 0 Å². The van der Waals surface area contributed by atoms with E-state index in [2.05, 4.69) is 10.0 Å². The van der Waals surface area contributed by atoms with Crippen LogP contribution in [-0.2, 0) is 0 Å². The molecule has 3 N–H and O–H groups in total. The molecule has 0 atom stereocenters. The molecule has 0 aliphatic carbocycles. The quantitative estimate of drug-likeness (QED) is 0.252. The third kappa shape index (κ3) is 3.17. The van der Waals surface area contributed by atoms with Crippen LogP contribution in [0.15, 0.2) is 35.5 Å². The molecule has 0 spiro atoms. The number of benzene rings is 1. The summed E-state index contributed by atoms with van der Waals surface area (Å²) in [4.78, 5) is 2.63. The molecule has 76 valence electrons. The number of hydrogen-bond acceptors (Lipinski definition) is 2. The smallest absolute Gasteiger partial charge is 0.123 e. The van der Waals surface area contributed by atoms with Gasteiger partial charge in [-0.25, -0.2) is 0 Å². The lowest BCUT2D eigenvalue weighted by Gasteiger charge is -2.02. The largest absolute Gasteiger partial charge is 0.384 e. The summed E-state index contributed by atoms with van der Waals surface area (Å²) < 4.78 is 0. The highest BCUT2D eigenvalue weighted by molar-refractivity contribution is 5.98. The first kappa shape index (κ1) is 10.8. The molecule has 0 bridgehead atoms. The predicted octanol–water partition coefficient (Wildman–Crippen LogP) is 2.29. The SMILES string of the molecule is [N-]=[N+]=NCC=Cc1ccccc1C(=N)N. The van der Waals surface area contributed by atoms with E-state index in [4.69, 9.17) is 16.7 Å². The van der Waals surface area contributed by atoms with E-state index in [0.29, 0.717) is 12.1 Å². The molecule has 0 aromatic heterocycles. The third-order valence-corrected chi connectivity index (χ3v) is 1.80. The highest BCUT2D eigenvalue weighted by atomic mass is 15.1. The lowest BCUT2D eigenvalue weighted by atomic mass is 10.1. The van der Waals surface area contributed by atoms with Crippen LogP contribution in [0.1, 0.15) is 11.1 Å². The van der Waals surface area contributed by atoms with E-state index in [-0.39, 0.29) is 5.84 Å². The number of nitrogens with zero attached hydrogens (tertiary/aromatic N) is 3. The van der Waals surface area contributed by atoms with Gasteiger partial charge in [0.05, 0.1) is 0 Å². The third-order valence-electron chi connectivity index (χ3n) is 1.80. The van der Waals surface area contributed by atoms with Crippen molar-refractivity contribution in [1.82, 2.24) is 0 Å². The Morgan fingerprint density at radius 3 is 2.93 bits per heavy atom. The van der Waals surface area contributed by atoms with Crippen LogP contribution in [-0.4, -0.2) is 12.4 Å². The zero-order chi connectivity index (χ0) is 11.1. The maximum Gasteiger partial charge on any atom is 0.123 e. The number of rotatable bonds is 4. The normalized spacial score (nSPS) is 9.87. The minimum Gasteiger partial charge on any atom is -0.384 e.